The number of aliphatic carboxylic acids is 1. The first-order valence-electron chi connectivity index (χ1n) is 8.86. The molecule has 0 aromatic heterocycles. The Morgan fingerprint density at radius 3 is 2.53 bits per heavy atom. The Morgan fingerprint density at radius 2 is 1.97 bits per heavy atom. The van der Waals surface area contributed by atoms with Gasteiger partial charge in [0, 0.05) is 25.3 Å². The zero-order valence-electron chi connectivity index (χ0n) is 17.7. The van der Waals surface area contributed by atoms with E-state index in [0.29, 0.717) is 12.1 Å². The molecule has 1 atom stereocenters. The molecule has 2 heterocycles. The van der Waals surface area contributed by atoms with Gasteiger partial charge in [-0.1, -0.05) is 17.7 Å². The molecule has 10 nitrogen and oxygen atoms in total. The van der Waals surface area contributed by atoms with Crippen LogP contribution in [0.5, 0.6) is 0 Å². The minimum atomic E-state index is -3.84. The first kappa shape index (κ1) is 26.9. The number of hydrogen-bond donors (Lipinski definition) is 0. The minimum Gasteiger partial charge on any atom is -0.543 e. The Bertz CT molecular complexity index is 1100. The van der Waals surface area contributed by atoms with Gasteiger partial charge in [-0.25, -0.2) is 8.42 Å². The standard InChI is InChI=1S/C18H19N3O7S3.Na/c1-10-4-6-13(7-5-10)31(26,27)20(3)30-19-14-16(23)21-15(18(24)25)12(8-28-11(2)22)9-29-17(14)21;/h4-7,17H,8-9H2,1-3H3,(H,24,25);/q;+1/p-1/b19-14-;/t17-;/m1./s1. The van der Waals surface area contributed by atoms with Crippen molar-refractivity contribution in [3.05, 3.63) is 41.1 Å². The number of rotatable bonds is 7. The number of hydrogen-bond acceptors (Lipinski definition) is 10. The molecule has 1 aromatic carbocycles. The number of thioether (sulfide) groups is 1. The Labute approximate surface area is 216 Å². The smallest absolute Gasteiger partial charge is 0.543 e. The van der Waals surface area contributed by atoms with E-state index < -0.39 is 33.2 Å². The van der Waals surface area contributed by atoms with Crippen LogP contribution in [0.1, 0.15) is 12.5 Å². The third kappa shape index (κ3) is 5.41. The molecular weight excluding hydrogens is 489 g/mol. The first-order chi connectivity index (χ1) is 14.5. The fraction of sp³-hybridized carbons (Fsp3) is 0.333. The number of carboxylic acid groups (broad SMARTS) is 1. The maximum absolute atomic E-state index is 12.6. The predicted octanol–water partition coefficient (Wildman–Crippen LogP) is -2.89. The van der Waals surface area contributed by atoms with Crippen LogP contribution in [0.4, 0.5) is 0 Å². The Hall–Kier alpha value is -1.35. The molecule has 0 spiro atoms. The summed E-state index contributed by atoms with van der Waals surface area (Å²) in [4.78, 5) is 36.2. The predicted molar refractivity (Wildman–Crippen MR) is 113 cm³/mol. The summed E-state index contributed by atoms with van der Waals surface area (Å²) in [6.45, 7) is 2.76. The molecule has 0 radical (unpaired) electrons. The van der Waals surface area contributed by atoms with Gasteiger partial charge in [0.05, 0.1) is 28.7 Å². The van der Waals surface area contributed by atoms with Crippen LogP contribution in [-0.2, 0) is 29.1 Å². The van der Waals surface area contributed by atoms with Crippen LogP contribution >= 0.6 is 23.9 Å². The molecule has 2 aliphatic rings. The first-order valence-corrected chi connectivity index (χ1v) is 12.1. The van der Waals surface area contributed by atoms with Gasteiger partial charge < -0.3 is 14.6 Å². The van der Waals surface area contributed by atoms with E-state index in [9.17, 15) is 27.9 Å². The molecule has 32 heavy (non-hydrogen) atoms. The van der Waals surface area contributed by atoms with Gasteiger partial charge in [-0.3, -0.25) is 14.5 Å². The average Bonchev–Trinajstić information content (AvgIpc) is 2.71. The van der Waals surface area contributed by atoms with Crippen molar-refractivity contribution in [3.63, 3.8) is 0 Å². The van der Waals surface area contributed by atoms with Crippen molar-refractivity contribution in [1.82, 2.24) is 8.61 Å². The number of carbonyl (C=O) groups excluding carboxylic acids is 3. The van der Waals surface area contributed by atoms with Gasteiger partial charge in [0.25, 0.3) is 15.9 Å². The fourth-order valence-corrected chi connectivity index (χ4v) is 5.99. The molecule has 0 unspecified atom stereocenters. The molecular formula is C18H18N3NaO7S3. The van der Waals surface area contributed by atoms with Crippen LogP contribution in [0.25, 0.3) is 0 Å². The number of nitrogens with zero attached hydrogens (tertiary/aromatic N) is 3. The third-order valence-electron chi connectivity index (χ3n) is 4.45. The SMILES string of the molecule is CC(=O)OCC1=C(C(=O)[O-])N2C(=O)/C(=N/SN(C)S(=O)(=O)c3ccc(C)cc3)[C@H]2SC1.[Na+]. The zero-order chi connectivity index (χ0) is 22.9. The normalized spacial score (nSPS) is 19.4. The summed E-state index contributed by atoms with van der Waals surface area (Å²) in [7, 11) is -2.53. The van der Waals surface area contributed by atoms with Crippen molar-refractivity contribution in [2.75, 3.05) is 19.4 Å². The largest absolute Gasteiger partial charge is 1.00 e. The van der Waals surface area contributed by atoms with Crippen LogP contribution < -0.4 is 34.7 Å². The molecule has 1 amide bonds. The second kappa shape index (κ2) is 10.7. The van der Waals surface area contributed by atoms with Crippen molar-refractivity contribution in [2.45, 2.75) is 24.1 Å². The second-order valence-electron chi connectivity index (χ2n) is 6.64. The van der Waals surface area contributed by atoms with Gasteiger partial charge in [0.1, 0.15) is 17.7 Å². The zero-order valence-corrected chi connectivity index (χ0v) is 22.2. The van der Waals surface area contributed by atoms with E-state index in [1.807, 2.05) is 6.92 Å². The Morgan fingerprint density at radius 1 is 1.34 bits per heavy atom. The van der Waals surface area contributed by atoms with Crippen LogP contribution in [0, 0.1) is 6.92 Å². The van der Waals surface area contributed by atoms with E-state index in [-0.39, 0.29) is 63.8 Å². The fourth-order valence-electron chi connectivity index (χ4n) is 2.81. The second-order valence-corrected chi connectivity index (χ2v) is 10.8. The topological polar surface area (TPSA) is 136 Å². The van der Waals surface area contributed by atoms with Crippen molar-refractivity contribution >= 4 is 57.5 Å². The van der Waals surface area contributed by atoms with E-state index in [4.69, 9.17) is 4.74 Å². The van der Waals surface area contributed by atoms with Gasteiger partial charge in [-0.2, -0.15) is 4.40 Å². The average molecular weight is 508 g/mol. The summed E-state index contributed by atoms with van der Waals surface area (Å²) in [5.41, 5.74) is 0.843. The summed E-state index contributed by atoms with van der Waals surface area (Å²) in [6.07, 6.45) is 0. The van der Waals surface area contributed by atoms with Crippen molar-refractivity contribution in [3.8, 4) is 0 Å². The van der Waals surface area contributed by atoms with E-state index >= 15 is 0 Å². The number of ether oxygens (including phenoxy) is 1. The van der Waals surface area contributed by atoms with E-state index in [1.54, 1.807) is 12.1 Å². The number of β-lactam (4-membered cyclic amide) rings is 1. The number of sulfonamides is 1. The van der Waals surface area contributed by atoms with E-state index in [2.05, 4.69) is 4.40 Å². The van der Waals surface area contributed by atoms with Crippen molar-refractivity contribution in [2.24, 2.45) is 4.40 Å². The van der Waals surface area contributed by atoms with E-state index in [1.165, 1.54) is 37.9 Å². The van der Waals surface area contributed by atoms with Crippen LogP contribution in [-0.4, -0.2) is 65.4 Å². The number of carbonyl (C=O) groups is 3. The number of carboxylic acids is 1. The molecule has 0 saturated carbocycles. The molecule has 0 aliphatic carbocycles. The molecule has 14 heteroatoms. The summed E-state index contributed by atoms with van der Waals surface area (Å²) in [5.74, 6) is -2.63. The molecule has 1 fully saturated rings. The monoisotopic (exact) mass is 507 g/mol. The summed E-state index contributed by atoms with van der Waals surface area (Å²) < 4.78 is 35.1. The molecule has 1 aromatic rings. The number of aryl methyl sites for hydroxylation is 1. The van der Waals surface area contributed by atoms with Gasteiger partial charge in [0.2, 0.25) is 0 Å². The number of amides is 1. The van der Waals surface area contributed by atoms with Crippen molar-refractivity contribution < 1.29 is 62.2 Å². The third-order valence-corrected chi connectivity index (χ3v) is 8.56. The molecule has 0 bridgehead atoms. The molecule has 1 saturated heterocycles. The molecule has 166 valence electrons. The van der Waals surface area contributed by atoms with Crippen LogP contribution in [0.3, 0.4) is 0 Å². The summed E-state index contributed by atoms with van der Waals surface area (Å²) >= 11 is 1.79. The number of benzene rings is 1. The van der Waals surface area contributed by atoms with Gasteiger partial charge in [0.15, 0.2) is 0 Å². The summed E-state index contributed by atoms with van der Waals surface area (Å²) in [6, 6.07) is 6.29. The Balaban J connectivity index is 0.00000363. The van der Waals surface area contributed by atoms with Gasteiger partial charge >= 0.3 is 35.5 Å². The maximum Gasteiger partial charge on any atom is 1.00 e. The molecule has 0 N–H and O–H groups in total. The summed E-state index contributed by atoms with van der Waals surface area (Å²) in [5, 5.41) is 10.9. The van der Waals surface area contributed by atoms with Crippen LogP contribution in [0.2, 0.25) is 0 Å². The van der Waals surface area contributed by atoms with Crippen molar-refractivity contribution in [1.29, 1.82) is 0 Å². The maximum atomic E-state index is 12.6. The molecule has 2 aliphatic heterocycles. The van der Waals surface area contributed by atoms with Gasteiger partial charge in [-0.15, -0.1) is 15.5 Å². The minimum absolute atomic E-state index is 0. The van der Waals surface area contributed by atoms with Gasteiger partial charge in [-0.05, 0) is 19.1 Å². The Kier molecular flexibility index (Phi) is 9.01. The van der Waals surface area contributed by atoms with E-state index in [0.717, 1.165) is 14.2 Å². The van der Waals surface area contributed by atoms with Crippen LogP contribution in [0.15, 0.2) is 44.8 Å². The quantitative estimate of drug-likeness (QED) is 0.165. The molecule has 3 rings (SSSR count). The number of fused-ring (bicyclic) bond motifs is 1. The number of esters is 1.